The number of nitrogens with zero attached hydrogens (tertiary/aromatic N) is 2. The minimum absolute atomic E-state index is 0.131. The first-order chi connectivity index (χ1) is 16.5. The van der Waals surface area contributed by atoms with E-state index in [0.29, 0.717) is 28.8 Å². The molecule has 2 heterocycles. The van der Waals surface area contributed by atoms with Crippen molar-refractivity contribution in [2.45, 2.75) is 13.0 Å². The number of thiazole rings is 1. The largest absolute Gasteiger partial charge is 0.507 e. The van der Waals surface area contributed by atoms with Gasteiger partial charge in [0, 0.05) is 17.1 Å². The number of aliphatic hydroxyl groups excluding tert-OH is 1. The molecule has 0 bridgehead atoms. The van der Waals surface area contributed by atoms with E-state index in [1.54, 1.807) is 29.7 Å². The summed E-state index contributed by atoms with van der Waals surface area (Å²) < 4.78 is 24.8. The maximum Gasteiger partial charge on any atom is 0.301 e. The lowest BCUT2D eigenvalue weighted by atomic mass is 9.95. The summed E-state index contributed by atoms with van der Waals surface area (Å²) in [6, 6.07) is 9.06. The number of benzene rings is 2. The van der Waals surface area contributed by atoms with Crippen molar-refractivity contribution in [2.24, 2.45) is 0 Å². The minimum Gasteiger partial charge on any atom is -0.507 e. The van der Waals surface area contributed by atoms with Gasteiger partial charge in [-0.3, -0.25) is 14.5 Å². The van der Waals surface area contributed by atoms with Crippen LogP contribution in [0.1, 0.15) is 24.1 Å². The van der Waals surface area contributed by atoms with Crippen molar-refractivity contribution in [3.8, 4) is 11.5 Å². The molecule has 4 rings (SSSR count). The van der Waals surface area contributed by atoms with E-state index in [1.165, 1.54) is 46.7 Å². The molecule has 1 aliphatic heterocycles. The van der Waals surface area contributed by atoms with Crippen molar-refractivity contribution in [3.05, 3.63) is 89.2 Å². The predicted octanol–water partition coefficient (Wildman–Crippen LogP) is 4.87. The van der Waals surface area contributed by atoms with Crippen LogP contribution in [0.15, 0.2) is 72.3 Å². The fourth-order valence-electron chi connectivity index (χ4n) is 3.67. The lowest BCUT2D eigenvalue weighted by Crippen LogP contribution is -2.29. The predicted molar refractivity (Wildman–Crippen MR) is 127 cm³/mol. The molecule has 174 valence electrons. The molecule has 34 heavy (non-hydrogen) atoms. The smallest absolute Gasteiger partial charge is 0.301 e. The van der Waals surface area contributed by atoms with Gasteiger partial charge in [-0.1, -0.05) is 18.7 Å². The molecule has 1 fully saturated rings. The van der Waals surface area contributed by atoms with Crippen molar-refractivity contribution in [2.75, 3.05) is 18.1 Å². The average molecular weight is 481 g/mol. The number of aromatic nitrogens is 1. The van der Waals surface area contributed by atoms with Crippen LogP contribution in [0, 0.1) is 5.82 Å². The van der Waals surface area contributed by atoms with Gasteiger partial charge < -0.3 is 14.6 Å². The van der Waals surface area contributed by atoms with Crippen molar-refractivity contribution in [1.82, 2.24) is 4.98 Å². The molecule has 1 aromatic heterocycles. The number of anilines is 1. The third-order valence-electron chi connectivity index (χ3n) is 5.13. The SMILES string of the molecule is C=CCOc1ccc(C2C(=C(O)c3ccc(F)cc3)C(=O)C(=O)N2c2nccs2)cc1OCC. The van der Waals surface area contributed by atoms with Crippen LogP contribution in [0.5, 0.6) is 11.5 Å². The van der Waals surface area contributed by atoms with E-state index in [1.807, 2.05) is 6.92 Å². The molecule has 2 aromatic carbocycles. The maximum absolute atomic E-state index is 13.4. The Kier molecular flexibility index (Phi) is 6.74. The minimum atomic E-state index is -0.983. The molecule has 0 radical (unpaired) electrons. The van der Waals surface area contributed by atoms with Gasteiger partial charge in [-0.05, 0) is 48.9 Å². The molecule has 0 saturated carbocycles. The van der Waals surface area contributed by atoms with Crippen LogP contribution in [-0.2, 0) is 9.59 Å². The van der Waals surface area contributed by atoms with E-state index in [-0.39, 0.29) is 17.7 Å². The van der Waals surface area contributed by atoms with Crippen LogP contribution in [0.25, 0.3) is 5.76 Å². The second kappa shape index (κ2) is 9.88. The van der Waals surface area contributed by atoms with Crippen molar-refractivity contribution < 1.29 is 28.6 Å². The van der Waals surface area contributed by atoms with Gasteiger partial charge in [0.15, 0.2) is 16.6 Å². The number of carbonyl (C=O) groups is 2. The zero-order valence-corrected chi connectivity index (χ0v) is 19.0. The molecule has 1 amide bonds. The number of hydrogen-bond acceptors (Lipinski definition) is 7. The Morgan fingerprint density at radius 2 is 1.97 bits per heavy atom. The molecular formula is C25H21FN2O5S. The third kappa shape index (κ3) is 4.29. The molecule has 1 atom stereocenters. The fraction of sp³-hybridized carbons (Fsp3) is 0.160. The van der Waals surface area contributed by atoms with Crippen molar-refractivity contribution in [3.63, 3.8) is 0 Å². The molecule has 0 aliphatic carbocycles. The number of carbonyl (C=O) groups excluding carboxylic acids is 2. The van der Waals surface area contributed by atoms with Gasteiger partial charge in [0.2, 0.25) is 0 Å². The highest BCUT2D eigenvalue weighted by molar-refractivity contribution is 7.14. The van der Waals surface area contributed by atoms with E-state index in [9.17, 15) is 19.1 Å². The van der Waals surface area contributed by atoms with Gasteiger partial charge in [0.05, 0.1) is 18.2 Å². The molecule has 3 aromatic rings. The first kappa shape index (κ1) is 23.2. The summed E-state index contributed by atoms with van der Waals surface area (Å²) in [5.41, 5.74) is 0.584. The summed E-state index contributed by atoms with van der Waals surface area (Å²) >= 11 is 1.19. The Balaban J connectivity index is 1.90. The zero-order chi connectivity index (χ0) is 24.2. The van der Waals surface area contributed by atoms with Crippen LogP contribution in [0.2, 0.25) is 0 Å². The van der Waals surface area contributed by atoms with Gasteiger partial charge in [-0.25, -0.2) is 9.37 Å². The van der Waals surface area contributed by atoms with Crippen LogP contribution in [0.3, 0.4) is 0 Å². The molecule has 1 saturated heterocycles. The lowest BCUT2D eigenvalue weighted by molar-refractivity contribution is -0.132. The van der Waals surface area contributed by atoms with E-state index >= 15 is 0 Å². The fourth-order valence-corrected chi connectivity index (χ4v) is 4.34. The zero-order valence-electron chi connectivity index (χ0n) is 18.2. The Morgan fingerprint density at radius 3 is 2.62 bits per heavy atom. The summed E-state index contributed by atoms with van der Waals surface area (Å²) in [7, 11) is 0. The van der Waals surface area contributed by atoms with Crippen LogP contribution < -0.4 is 14.4 Å². The number of halogens is 1. The molecule has 9 heteroatoms. The molecule has 7 nitrogen and oxygen atoms in total. The molecule has 1 aliphatic rings. The van der Waals surface area contributed by atoms with E-state index in [0.717, 1.165) is 0 Å². The third-order valence-corrected chi connectivity index (χ3v) is 5.90. The number of rotatable bonds is 8. The highest BCUT2D eigenvalue weighted by atomic mass is 32.1. The van der Waals surface area contributed by atoms with Crippen LogP contribution >= 0.6 is 11.3 Å². The Bertz CT molecular complexity index is 1250. The molecule has 1 N–H and O–H groups in total. The van der Waals surface area contributed by atoms with E-state index < -0.39 is 29.3 Å². The van der Waals surface area contributed by atoms with Crippen molar-refractivity contribution >= 4 is 33.9 Å². The summed E-state index contributed by atoms with van der Waals surface area (Å²) in [6.45, 7) is 6.08. The normalized spacial score (nSPS) is 17.1. The highest BCUT2D eigenvalue weighted by Crippen LogP contribution is 2.44. The number of amides is 1. The number of ether oxygens (including phenoxy) is 2. The van der Waals surface area contributed by atoms with Crippen molar-refractivity contribution in [1.29, 1.82) is 0 Å². The number of ketones is 1. The van der Waals surface area contributed by atoms with E-state index in [2.05, 4.69) is 11.6 Å². The summed E-state index contributed by atoms with van der Waals surface area (Å²) in [5, 5.41) is 13.0. The van der Waals surface area contributed by atoms with Gasteiger partial charge in [0.25, 0.3) is 5.78 Å². The first-order valence-electron chi connectivity index (χ1n) is 10.4. The maximum atomic E-state index is 13.4. The molecule has 0 spiro atoms. The summed E-state index contributed by atoms with van der Waals surface area (Å²) in [6.07, 6.45) is 3.12. The van der Waals surface area contributed by atoms with E-state index in [4.69, 9.17) is 9.47 Å². The van der Waals surface area contributed by atoms with Crippen LogP contribution in [0.4, 0.5) is 9.52 Å². The average Bonchev–Trinajstić information content (AvgIpc) is 3.45. The van der Waals surface area contributed by atoms with Gasteiger partial charge in [-0.15, -0.1) is 11.3 Å². The Hall–Kier alpha value is -3.98. The Labute approximate surface area is 199 Å². The Morgan fingerprint density at radius 1 is 1.21 bits per heavy atom. The van der Waals surface area contributed by atoms with Gasteiger partial charge in [0.1, 0.15) is 18.2 Å². The number of aliphatic hydroxyl groups is 1. The second-order valence-electron chi connectivity index (χ2n) is 7.23. The summed E-state index contributed by atoms with van der Waals surface area (Å²) in [4.78, 5) is 31.7. The number of Topliss-reactive ketones (excluding diaryl/α,β-unsaturated/α-hetero) is 1. The molecular weight excluding hydrogens is 459 g/mol. The number of hydrogen-bond donors (Lipinski definition) is 1. The molecule has 1 unspecified atom stereocenters. The lowest BCUT2D eigenvalue weighted by Gasteiger charge is -2.24. The first-order valence-corrected chi connectivity index (χ1v) is 11.3. The van der Waals surface area contributed by atoms with Crippen LogP contribution in [-0.4, -0.2) is 35.0 Å². The standard InChI is InChI=1S/C25H21FN2O5S/c1-3-12-33-18-10-7-16(14-19(18)32-4-2)21-20(22(29)15-5-8-17(26)9-6-15)23(30)24(31)28(21)25-27-11-13-34-25/h3,5-11,13-14,21,29H,1,4,12H2,2H3. The topological polar surface area (TPSA) is 89.0 Å². The van der Waals surface area contributed by atoms with Gasteiger partial charge in [-0.2, -0.15) is 0 Å². The highest BCUT2D eigenvalue weighted by Gasteiger charge is 2.48. The quantitative estimate of drug-likeness (QED) is 0.214. The second-order valence-corrected chi connectivity index (χ2v) is 8.10. The monoisotopic (exact) mass is 480 g/mol. The van der Waals surface area contributed by atoms with Gasteiger partial charge >= 0.3 is 5.91 Å². The summed E-state index contributed by atoms with van der Waals surface area (Å²) in [5.74, 6) is -1.72.